The zero-order valence-electron chi connectivity index (χ0n) is 14.8. The van der Waals surface area contributed by atoms with E-state index in [9.17, 15) is 4.79 Å². The van der Waals surface area contributed by atoms with E-state index in [2.05, 4.69) is 34.9 Å². The smallest absolute Gasteiger partial charge is 0.335 e. The molecule has 0 aliphatic carbocycles. The summed E-state index contributed by atoms with van der Waals surface area (Å²) in [5, 5.41) is 8.94. The van der Waals surface area contributed by atoms with Crippen LogP contribution in [0.25, 0.3) is 34.6 Å². The minimum Gasteiger partial charge on any atom is -0.478 e. The predicted molar refractivity (Wildman–Crippen MR) is 108 cm³/mol. The largest absolute Gasteiger partial charge is 0.478 e. The number of para-hydroxylation sites is 2. The number of hydrogen-bond donors (Lipinski definition) is 1. The van der Waals surface area contributed by atoms with Crippen LogP contribution in [0.3, 0.4) is 0 Å². The maximum Gasteiger partial charge on any atom is 0.335 e. The van der Waals surface area contributed by atoms with Crippen LogP contribution in [0.4, 0.5) is 0 Å². The van der Waals surface area contributed by atoms with Crippen molar-refractivity contribution in [3.05, 3.63) is 89.5 Å². The Balaban J connectivity index is 1.56. The van der Waals surface area contributed by atoms with Crippen molar-refractivity contribution in [3.8, 4) is 11.4 Å². The van der Waals surface area contributed by atoms with Gasteiger partial charge in [0.05, 0.1) is 16.6 Å². The lowest BCUT2D eigenvalue weighted by atomic mass is 10.1. The summed E-state index contributed by atoms with van der Waals surface area (Å²) >= 11 is 0. The average molecular weight is 354 g/mol. The molecule has 0 spiro atoms. The van der Waals surface area contributed by atoms with Gasteiger partial charge in [-0.15, -0.1) is 0 Å². The summed E-state index contributed by atoms with van der Waals surface area (Å²) in [5.74, 6) is 0.0269. The molecule has 0 aliphatic rings. The molecule has 4 aromatic rings. The van der Waals surface area contributed by atoms with E-state index in [4.69, 9.17) is 10.1 Å². The lowest BCUT2D eigenvalue weighted by Gasteiger charge is -2.03. The molecule has 0 fully saturated rings. The second-order valence-corrected chi connectivity index (χ2v) is 6.37. The van der Waals surface area contributed by atoms with E-state index in [0.717, 1.165) is 33.5 Å². The van der Waals surface area contributed by atoms with Crippen molar-refractivity contribution in [2.75, 3.05) is 0 Å². The zero-order valence-corrected chi connectivity index (χ0v) is 14.8. The highest BCUT2D eigenvalue weighted by Gasteiger charge is 2.08. The first kappa shape index (κ1) is 16.8. The number of hydrogen-bond acceptors (Lipinski definition) is 2. The Morgan fingerprint density at radius 3 is 2.07 bits per heavy atom. The molecule has 0 aliphatic heterocycles. The van der Waals surface area contributed by atoms with Crippen LogP contribution in [-0.2, 0) is 7.05 Å². The third-order valence-electron chi connectivity index (χ3n) is 4.58. The van der Waals surface area contributed by atoms with Crippen molar-refractivity contribution < 1.29 is 9.90 Å². The van der Waals surface area contributed by atoms with Gasteiger partial charge >= 0.3 is 5.97 Å². The number of nitrogens with zero attached hydrogens (tertiary/aromatic N) is 2. The second-order valence-electron chi connectivity index (χ2n) is 6.37. The quantitative estimate of drug-likeness (QED) is 0.518. The summed E-state index contributed by atoms with van der Waals surface area (Å²) in [6, 6.07) is 23.1. The van der Waals surface area contributed by atoms with E-state index in [1.165, 1.54) is 0 Å². The lowest BCUT2D eigenvalue weighted by molar-refractivity contribution is 0.0697. The van der Waals surface area contributed by atoms with Crippen molar-refractivity contribution in [3.63, 3.8) is 0 Å². The van der Waals surface area contributed by atoms with Crippen molar-refractivity contribution in [2.45, 2.75) is 0 Å². The van der Waals surface area contributed by atoms with Crippen LogP contribution in [0.15, 0.2) is 72.8 Å². The van der Waals surface area contributed by atoms with E-state index < -0.39 is 5.97 Å². The fraction of sp³-hybridized carbons (Fsp3) is 0.0435. The molecule has 4 heteroatoms. The normalized spacial score (nSPS) is 11.3. The average Bonchev–Trinajstić information content (AvgIpc) is 3.04. The molecular weight excluding hydrogens is 336 g/mol. The number of aryl methyl sites for hydroxylation is 1. The number of carboxylic acid groups (broad SMARTS) is 1. The number of imidazole rings is 1. The van der Waals surface area contributed by atoms with Crippen LogP contribution in [0.5, 0.6) is 0 Å². The van der Waals surface area contributed by atoms with Gasteiger partial charge in [0.15, 0.2) is 0 Å². The highest BCUT2D eigenvalue weighted by Crippen LogP contribution is 2.24. The van der Waals surface area contributed by atoms with Crippen molar-refractivity contribution in [1.29, 1.82) is 0 Å². The molecule has 0 bridgehead atoms. The number of rotatable bonds is 4. The van der Waals surface area contributed by atoms with Gasteiger partial charge in [-0.2, -0.15) is 0 Å². The second kappa shape index (κ2) is 6.92. The Hall–Kier alpha value is -3.66. The number of aromatic nitrogens is 2. The molecule has 1 aromatic heterocycles. The summed E-state index contributed by atoms with van der Waals surface area (Å²) in [5.41, 5.74) is 5.49. The third kappa shape index (κ3) is 3.37. The summed E-state index contributed by atoms with van der Waals surface area (Å²) in [6.45, 7) is 0. The fourth-order valence-electron chi connectivity index (χ4n) is 3.08. The predicted octanol–water partition coefficient (Wildman–Crippen LogP) is 5.11. The van der Waals surface area contributed by atoms with Crippen LogP contribution in [0.1, 0.15) is 21.5 Å². The Kier molecular flexibility index (Phi) is 4.30. The van der Waals surface area contributed by atoms with E-state index >= 15 is 0 Å². The number of carbonyl (C=O) groups is 1. The summed E-state index contributed by atoms with van der Waals surface area (Å²) in [4.78, 5) is 15.6. The van der Waals surface area contributed by atoms with E-state index in [-0.39, 0.29) is 0 Å². The van der Waals surface area contributed by atoms with E-state index in [1.54, 1.807) is 24.3 Å². The van der Waals surface area contributed by atoms with Gasteiger partial charge in [-0.05, 0) is 35.4 Å². The summed E-state index contributed by atoms with van der Waals surface area (Å²) in [7, 11) is 2.03. The van der Waals surface area contributed by atoms with Crippen LogP contribution >= 0.6 is 0 Å². The molecule has 27 heavy (non-hydrogen) atoms. The summed E-state index contributed by atoms with van der Waals surface area (Å²) in [6.07, 6.45) is 3.98. The van der Waals surface area contributed by atoms with Crippen LogP contribution in [0.2, 0.25) is 0 Å². The van der Waals surface area contributed by atoms with Gasteiger partial charge in [-0.1, -0.05) is 60.7 Å². The molecule has 0 radical (unpaired) electrons. The molecule has 1 N–H and O–H groups in total. The topological polar surface area (TPSA) is 55.1 Å². The number of carboxylic acids is 1. The number of benzene rings is 3. The molecule has 0 unspecified atom stereocenters. The molecule has 4 nitrogen and oxygen atoms in total. The standard InChI is InChI=1S/C23H18N2O2/c1-25-21-5-3-2-4-20(21)24-22(25)18-12-8-16(9-13-18)6-7-17-10-14-19(15-11-17)23(26)27/h2-15H,1H3,(H,26,27)/b7-6+. The molecule has 1 heterocycles. The molecule has 0 amide bonds. The maximum absolute atomic E-state index is 10.9. The van der Waals surface area contributed by atoms with Gasteiger partial charge < -0.3 is 9.67 Å². The van der Waals surface area contributed by atoms with Crippen LogP contribution < -0.4 is 0 Å². The van der Waals surface area contributed by atoms with Crippen molar-refractivity contribution >= 4 is 29.2 Å². The first-order valence-electron chi connectivity index (χ1n) is 8.65. The minimum absolute atomic E-state index is 0.291. The Bertz CT molecular complexity index is 1140. The molecule has 0 saturated carbocycles. The lowest BCUT2D eigenvalue weighted by Crippen LogP contribution is -1.94. The zero-order chi connectivity index (χ0) is 18.8. The van der Waals surface area contributed by atoms with Gasteiger partial charge in [0.1, 0.15) is 5.82 Å². The SMILES string of the molecule is Cn1c(-c2ccc(/C=C/c3ccc(C(=O)O)cc3)cc2)nc2ccccc21. The Labute approximate surface area is 157 Å². The number of aromatic carboxylic acids is 1. The minimum atomic E-state index is -0.914. The van der Waals surface area contributed by atoms with Gasteiger partial charge in [0, 0.05) is 12.6 Å². The van der Waals surface area contributed by atoms with Crippen molar-refractivity contribution in [1.82, 2.24) is 9.55 Å². The van der Waals surface area contributed by atoms with E-state index in [0.29, 0.717) is 5.56 Å². The van der Waals surface area contributed by atoms with Gasteiger partial charge in [-0.25, -0.2) is 9.78 Å². The Morgan fingerprint density at radius 2 is 1.48 bits per heavy atom. The maximum atomic E-state index is 10.9. The molecule has 4 rings (SSSR count). The number of fused-ring (bicyclic) bond motifs is 1. The van der Waals surface area contributed by atoms with Crippen LogP contribution in [-0.4, -0.2) is 20.6 Å². The highest BCUT2D eigenvalue weighted by atomic mass is 16.4. The first-order chi connectivity index (χ1) is 13.1. The van der Waals surface area contributed by atoms with E-state index in [1.807, 2.05) is 37.4 Å². The first-order valence-corrected chi connectivity index (χ1v) is 8.65. The Morgan fingerprint density at radius 1 is 0.889 bits per heavy atom. The van der Waals surface area contributed by atoms with Crippen LogP contribution in [0, 0.1) is 0 Å². The van der Waals surface area contributed by atoms with Gasteiger partial charge in [0.25, 0.3) is 0 Å². The third-order valence-corrected chi connectivity index (χ3v) is 4.58. The molecule has 132 valence electrons. The molecule has 0 atom stereocenters. The highest BCUT2D eigenvalue weighted by molar-refractivity contribution is 5.88. The molecule has 3 aromatic carbocycles. The molecular formula is C23H18N2O2. The summed E-state index contributed by atoms with van der Waals surface area (Å²) < 4.78 is 2.10. The van der Waals surface area contributed by atoms with Gasteiger partial charge in [-0.3, -0.25) is 0 Å². The monoisotopic (exact) mass is 354 g/mol. The fourth-order valence-corrected chi connectivity index (χ4v) is 3.08. The van der Waals surface area contributed by atoms with Gasteiger partial charge in [0.2, 0.25) is 0 Å². The van der Waals surface area contributed by atoms with Crippen molar-refractivity contribution in [2.24, 2.45) is 7.05 Å². The molecule has 0 saturated heterocycles.